The molecular formula is C68H47BBrN2O2+. The average Bonchev–Trinajstić information content (AvgIpc) is 3.98. The largest absolute Gasteiger partial charge is 0.488 e. The minimum atomic E-state index is -1.42. The molecule has 6 heteroatoms. The van der Waals surface area contributed by atoms with Crippen molar-refractivity contribution in [3.63, 3.8) is 0 Å². The van der Waals surface area contributed by atoms with Crippen LogP contribution in [0.3, 0.4) is 0 Å². The van der Waals surface area contributed by atoms with Crippen molar-refractivity contribution in [2.75, 3.05) is 0 Å². The second-order valence-corrected chi connectivity index (χ2v) is 19.2. The van der Waals surface area contributed by atoms with Crippen molar-refractivity contribution in [1.29, 1.82) is 0 Å². The van der Waals surface area contributed by atoms with E-state index in [1.165, 1.54) is 99.1 Å². The maximum Gasteiger partial charge on any atom is 0.488 e. The van der Waals surface area contributed by atoms with Gasteiger partial charge in [-0.1, -0.05) is 210 Å². The van der Waals surface area contributed by atoms with Gasteiger partial charge in [0.25, 0.3) is 0 Å². The summed E-state index contributed by atoms with van der Waals surface area (Å²) in [7, 11) is -1.42. The van der Waals surface area contributed by atoms with Crippen molar-refractivity contribution < 1.29 is 10.0 Å². The van der Waals surface area contributed by atoms with E-state index in [4.69, 9.17) is 10.0 Å². The molecule has 13 aromatic rings. The third kappa shape index (κ3) is 8.94. The summed E-state index contributed by atoms with van der Waals surface area (Å²) in [5.41, 5.74) is 16.2. The Balaban J connectivity index is 0.000000122. The molecule has 0 atom stereocenters. The van der Waals surface area contributed by atoms with Gasteiger partial charge in [-0.2, -0.15) is 0 Å². The molecule has 0 aliphatic heterocycles. The number of aromatic nitrogens is 2. The van der Waals surface area contributed by atoms with Crippen LogP contribution in [-0.4, -0.2) is 26.3 Å². The summed E-state index contributed by atoms with van der Waals surface area (Å²) >= 11 is 3.56. The lowest BCUT2D eigenvalue weighted by Crippen LogP contribution is -2.29. The number of benzene rings is 11. The van der Waals surface area contributed by atoms with Crippen LogP contribution in [0.1, 0.15) is 11.3 Å². The first kappa shape index (κ1) is 46.2. The van der Waals surface area contributed by atoms with Crippen molar-refractivity contribution in [2.45, 2.75) is 0 Å². The van der Waals surface area contributed by atoms with Gasteiger partial charge in [-0.3, -0.25) is 4.57 Å². The van der Waals surface area contributed by atoms with Gasteiger partial charge in [-0.15, -0.1) is 0 Å². The summed E-state index contributed by atoms with van der Waals surface area (Å²) in [6.07, 6.45) is 9.33. The highest BCUT2D eigenvalue weighted by Gasteiger charge is 2.23. The van der Waals surface area contributed by atoms with E-state index in [9.17, 15) is 0 Å². The van der Waals surface area contributed by atoms with E-state index in [1.54, 1.807) is 12.1 Å². The number of fused-ring (bicyclic) bond motifs is 8. The average molecular weight is 1010 g/mol. The van der Waals surface area contributed by atoms with Gasteiger partial charge in [0, 0.05) is 32.7 Å². The van der Waals surface area contributed by atoms with E-state index in [0.29, 0.717) is 5.46 Å². The van der Waals surface area contributed by atoms with Gasteiger partial charge in [-0.05, 0) is 121 Å². The highest BCUT2D eigenvalue weighted by molar-refractivity contribution is 9.10. The van der Waals surface area contributed by atoms with Crippen molar-refractivity contribution in [3.8, 4) is 44.8 Å². The molecular weight excluding hydrogens is 967 g/mol. The summed E-state index contributed by atoms with van der Waals surface area (Å²) in [6, 6.07) is 88.8. The first-order chi connectivity index (χ1) is 36.5. The molecule has 2 N–H and O–H groups in total. The molecule has 2 heterocycles. The normalized spacial score (nSPS) is 11.5. The van der Waals surface area contributed by atoms with E-state index in [0.717, 1.165) is 15.6 Å². The van der Waals surface area contributed by atoms with Crippen LogP contribution in [0.2, 0.25) is 0 Å². The molecule has 14 rings (SSSR count). The lowest BCUT2D eigenvalue weighted by Gasteiger charge is -2.09. The second-order valence-electron chi connectivity index (χ2n) is 18.3. The van der Waals surface area contributed by atoms with Crippen LogP contribution < -0.4 is 5.46 Å². The van der Waals surface area contributed by atoms with Crippen molar-refractivity contribution in [1.82, 2.24) is 9.13 Å². The van der Waals surface area contributed by atoms with E-state index < -0.39 is 7.12 Å². The Morgan fingerprint density at radius 2 is 0.865 bits per heavy atom. The second kappa shape index (κ2) is 20.3. The minimum Gasteiger partial charge on any atom is -0.423 e. The smallest absolute Gasteiger partial charge is 0.423 e. The highest BCUT2D eigenvalue weighted by Crippen LogP contribution is 2.38. The fraction of sp³-hybridized carbons (Fsp3) is 0. The zero-order valence-corrected chi connectivity index (χ0v) is 41.8. The van der Waals surface area contributed by atoms with Crippen LogP contribution in [0, 0.1) is 6.08 Å². The van der Waals surface area contributed by atoms with Crippen molar-refractivity contribution >= 4 is 94.9 Å². The number of hydrogen-bond acceptors (Lipinski definition) is 2. The number of halogens is 1. The Morgan fingerprint density at radius 3 is 1.50 bits per heavy atom. The lowest BCUT2D eigenvalue weighted by molar-refractivity contribution is 0.426. The van der Waals surface area contributed by atoms with Gasteiger partial charge in [0.2, 0.25) is 0 Å². The third-order valence-corrected chi connectivity index (χ3v) is 14.4. The van der Waals surface area contributed by atoms with Crippen LogP contribution in [-0.2, 0) is 0 Å². The van der Waals surface area contributed by atoms with Crippen LogP contribution >= 0.6 is 15.9 Å². The van der Waals surface area contributed by atoms with Crippen LogP contribution in [0.15, 0.2) is 265 Å². The van der Waals surface area contributed by atoms with Gasteiger partial charge in [0.05, 0.1) is 28.0 Å². The Kier molecular flexibility index (Phi) is 12.7. The van der Waals surface area contributed by atoms with Gasteiger partial charge in [0.1, 0.15) is 17.7 Å². The fourth-order valence-corrected chi connectivity index (χ4v) is 10.7. The molecule has 0 radical (unpaired) electrons. The van der Waals surface area contributed by atoms with Crippen LogP contribution in [0.5, 0.6) is 0 Å². The highest BCUT2D eigenvalue weighted by atomic mass is 79.9. The Morgan fingerprint density at radius 1 is 0.378 bits per heavy atom. The Bertz CT molecular complexity index is 4200. The molecule has 0 saturated heterocycles. The predicted octanol–water partition coefficient (Wildman–Crippen LogP) is 16.7. The molecule has 0 unspecified atom stereocenters. The first-order valence-electron chi connectivity index (χ1n) is 24.7. The Hall–Kier alpha value is -8.87. The zero-order valence-electron chi connectivity index (χ0n) is 40.2. The summed E-state index contributed by atoms with van der Waals surface area (Å²) in [6.45, 7) is 0. The van der Waals surface area contributed by atoms with Gasteiger partial charge in [0.15, 0.2) is 5.69 Å². The van der Waals surface area contributed by atoms with Gasteiger partial charge >= 0.3 is 7.12 Å². The third-order valence-electron chi connectivity index (χ3n) is 13.9. The summed E-state index contributed by atoms with van der Waals surface area (Å²) in [5.74, 6) is 0. The molecule has 0 fully saturated rings. The van der Waals surface area contributed by atoms with Crippen LogP contribution in [0.4, 0.5) is 0 Å². The predicted molar refractivity (Wildman–Crippen MR) is 316 cm³/mol. The topological polar surface area (TPSA) is 50.3 Å². The Labute approximate surface area is 439 Å². The number of para-hydroxylation sites is 3. The van der Waals surface area contributed by atoms with E-state index in [1.807, 2.05) is 42.5 Å². The maximum atomic E-state index is 9.11. The van der Waals surface area contributed by atoms with Crippen molar-refractivity contribution in [3.05, 3.63) is 283 Å². The SMILES string of the molecule is Brc1ccc2c(c1)c1c(n2-c2ccccc2)C=C[C+]=C1.OB(O)c1ccc(-c2cccc3ccccc23)cc1.c1ccc(-n2c3ccccc3c3cc(-c4ccc(-c5cccc6ccccc56)cc4)ccc32)cc1. The quantitative estimate of drug-likeness (QED) is 0.129. The maximum absolute atomic E-state index is 9.11. The lowest BCUT2D eigenvalue weighted by atomic mass is 9.79. The van der Waals surface area contributed by atoms with E-state index in [-0.39, 0.29) is 0 Å². The molecule has 0 bridgehead atoms. The summed E-state index contributed by atoms with van der Waals surface area (Å²) in [4.78, 5) is 0. The first-order valence-corrected chi connectivity index (χ1v) is 25.5. The molecule has 0 amide bonds. The molecule has 1 aliphatic rings. The molecule has 74 heavy (non-hydrogen) atoms. The number of hydrogen-bond donors (Lipinski definition) is 2. The number of rotatable bonds is 6. The fourth-order valence-electron chi connectivity index (χ4n) is 10.4. The standard InChI is InChI=1S/C34H23N.C18H11BrN.C16H13BO2/c1-2-11-28(12-3-1)35-33-16-7-6-14-31(33)32-23-27(21-22-34(32)35)24-17-19-26(20-18-24)30-15-8-10-25-9-4-5-13-29(25)30;19-13-10-11-18-16(12-13)15-8-4-5-9-17(15)20(18)14-6-2-1-3-7-14;18-17(19)14-10-8-13(9-11-14)16-7-3-5-12-4-1-2-6-15(12)16/h1-23H;1-3,5-12H;1-11,18-19H/q;+1;. The molecule has 4 nitrogen and oxygen atoms in total. The van der Waals surface area contributed by atoms with Gasteiger partial charge < -0.3 is 14.6 Å². The molecule has 2 aromatic heterocycles. The van der Waals surface area contributed by atoms with Crippen molar-refractivity contribution in [2.24, 2.45) is 0 Å². The van der Waals surface area contributed by atoms with E-state index in [2.05, 4.69) is 250 Å². The monoisotopic (exact) mass is 1010 g/mol. The molecule has 350 valence electrons. The molecule has 0 saturated carbocycles. The van der Waals surface area contributed by atoms with Crippen LogP contribution in [0.25, 0.3) is 111 Å². The molecule has 11 aromatic carbocycles. The number of nitrogens with zero attached hydrogens (tertiary/aromatic N) is 2. The molecule has 1 aliphatic carbocycles. The minimum absolute atomic E-state index is 0.504. The van der Waals surface area contributed by atoms with Gasteiger partial charge in [-0.25, -0.2) is 0 Å². The molecule has 0 spiro atoms. The van der Waals surface area contributed by atoms with E-state index >= 15 is 0 Å². The summed E-state index contributed by atoms with van der Waals surface area (Å²) in [5, 5.41) is 27.0. The number of allylic oxidation sites excluding steroid dienone is 2. The summed E-state index contributed by atoms with van der Waals surface area (Å²) < 4.78 is 5.75. The zero-order chi connectivity index (χ0) is 50.0.